The van der Waals surface area contributed by atoms with Crippen LogP contribution in [0.15, 0.2) is 5.16 Å². The van der Waals surface area contributed by atoms with Crippen LogP contribution in [-0.2, 0) is 9.57 Å². The Balaban J connectivity index is 1.32. The van der Waals surface area contributed by atoms with E-state index >= 15 is 0 Å². The zero-order chi connectivity index (χ0) is 15.7. The molecule has 0 radical (unpaired) electrons. The highest BCUT2D eigenvalue weighted by atomic mass is 16.6. The molecule has 0 aromatic carbocycles. The van der Waals surface area contributed by atoms with Gasteiger partial charge in [0.25, 0.3) is 0 Å². The summed E-state index contributed by atoms with van der Waals surface area (Å²) in [6, 6.07) is 0. The van der Waals surface area contributed by atoms with Gasteiger partial charge >= 0.3 is 0 Å². The van der Waals surface area contributed by atoms with E-state index in [0.717, 1.165) is 50.6 Å². The molecule has 5 fully saturated rings. The topological polar surface area (TPSA) is 34.1 Å². The highest BCUT2D eigenvalue weighted by Gasteiger charge is 2.52. The summed E-state index contributed by atoms with van der Waals surface area (Å²) in [5.41, 5.74) is 1.53. The van der Waals surface area contributed by atoms with Crippen molar-refractivity contribution >= 4 is 5.71 Å². The van der Waals surface area contributed by atoms with Gasteiger partial charge in [0.05, 0.1) is 25.5 Å². The van der Waals surface area contributed by atoms with Gasteiger partial charge in [0.2, 0.25) is 0 Å². The predicted octanol–water partition coefficient (Wildman–Crippen LogP) is 2.89. The Morgan fingerprint density at radius 3 is 2.35 bits per heavy atom. The molecule has 4 heteroatoms. The van der Waals surface area contributed by atoms with Crippen LogP contribution in [-0.4, -0.2) is 43.5 Å². The lowest BCUT2D eigenvalue weighted by Gasteiger charge is -2.56. The van der Waals surface area contributed by atoms with Crippen molar-refractivity contribution in [1.29, 1.82) is 0 Å². The second-order valence-corrected chi connectivity index (χ2v) is 8.13. The number of morpholine rings is 1. The Kier molecular flexibility index (Phi) is 4.34. The summed E-state index contributed by atoms with van der Waals surface area (Å²) in [7, 11) is 0. The number of nitrogens with zero attached hydrogens (tertiary/aromatic N) is 2. The Labute approximate surface area is 139 Å². The first kappa shape index (κ1) is 15.5. The van der Waals surface area contributed by atoms with Crippen LogP contribution in [0.1, 0.15) is 45.4 Å². The fraction of sp³-hybridized carbons (Fsp3) is 0.842. The average molecular weight is 316 g/mol. The van der Waals surface area contributed by atoms with E-state index in [4.69, 9.17) is 9.57 Å². The van der Waals surface area contributed by atoms with Crippen molar-refractivity contribution in [2.24, 2.45) is 28.3 Å². The summed E-state index contributed by atoms with van der Waals surface area (Å²) in [5.74, 6) is 5.91. The third-order valence-electron chi connectivity index (χ3n) is 6.51. The van der Waals surface area contributed by atoms with E-state index in [-0.39, 0.29) is 0 Å². The van der Waals surface area contributed by atoms with Gasteiger partial charge in [-0.1, -0.05) is 5.16 Å². The highest BCUT2D eigenvalue weighted by molar-refractivity contribution is 5.88. The Bertz CT molecular complexity index is 490. The van der Waals surface area contributed by atoms with Crippen molar-refractivity contribution in [2.75, 3.05) is 32.8 Å². The van der Waals surface area contributed by atoms with E-state index in [1.807, 2.05) is 0 Å². The van der Waals surface area contributed by atoms with Gasteiger partial charge in [-0.15, -0.1) is 0 Å². The van der Waals surface area contributed by atoms with Crippen LogP contribution >= 0.6 is 0 Å². The van der Waals surface area contributed by atoms with Gasteiger partial charge < -0.3 is 9.57 Å². The second kappa shape index (κ2) is 6.45. The summed E-state index contributed by atoms with van der Waals surface area (Å²) in [5, 5.41) is 4.40. The van der Waals surface area contributed by atoms with E-state index in [9.17, 15) is 0 Å². The lowest BCUT2D eigenvalue weighted by molar-refractivity contribution is -0.0140. The Morgan fingerprint density at radius 1 is 1.13 bits per heavy atom. The Hall–Kier alpha value is -1.05. The summed E-state index contributed by atoms with van der Waals surface area (Å²) < 4.78 is 5.33. The van der Waals surface area contributed by atoms with Gasteiger partial charge in [0.1, 0.15) is 6.11 Å². The number of oxime groups is 1. The smallest absolute Gasteiger partial charge is 0.150 e. The lowest BCUT2D eigenvalue weighted by Crippen LogP contribution is -2.49. The van der Waals surface area contributed by atoms with Gasteiger partial charge in [0, 0.05) is 18.5 Å². The molecular weight excluding hydrogens is 288 g/mol. The minimum Gasteiger partial charge on any atom is -0.379 e. The third-order valence-corrected chi connectivity index (χ3v) is 6.51. The van der Waals surface area contributed by atoms with Gasteiger partial charge in [0.15, 0.2) is 0 Å². The molecule has 23 heavy (non-hydrogen) atoms. The molecule has 5 rings (SSSR count). The van der Waals surface area contributed by atoms with E-state index in [2.05, 4.69) is 29.0 Å². The normalized spacial score (nSPS) is 39.9. The van der Waals surface area contributed by atoms with Gasteiger partial charge in [-0.2, -0.15) is 0 Å². The van der Waals surface area contributed by atoms with Gasteiger partial charge in [-0.25, -0.2) is 0 Å². The van der Waals surface area contributed by atoms with Crippen LogP contribution in [0.25, 0.3) is 0 Å². The molecule has 1 saturated heterocycles. The number of hydrogen-bond donors (Lipinski definition) is 0. The molecule has 0 amide bonds. The monoisotopic (exact) mass is 316 g/mol. The van der Waals surface area contributed by atoms with Crippen LogP contribution in [0, 0.1) is 35.2 Å². The fourth-order valence-electron chi connectivity index (χ4n) is 5.68. The molecule has 0 atom stereocenters. The van der Waals surface area contributed by atoms with E-state index < -0.39 is 0 Å². The SMILES string of the molecule is C/C(=N\OC#CCN1CCOCC1)C12CC3CC(CC(C3)C1)C2. The zero-order valence-electron chi connectivity index (χ0n) is 14.2. The minimum atomic E-state index is 0.334. The summed E-state index contributed by atoms with van der Waals surface area (Å²) in [6.45, 7) is 6.46. The van der Waals surface area contributed by atoms with E-state index in [1.54, 1.807) is 0 Å². The molecule has 5 aliphatic rings. The number of ether oxygens (including phenoxy) is 1. The molecule has 4 nitrogen and oxygen atoms in total. The molecular formula is C19H28N2O2. The molecule has 4 saturated carbocycles. The van der Waals surface area contributed by atoms with Crippen LogP contribution < -0.4 is 0 Å². The second-order valence-electron chi connectivity index (χ2n) is 8.13. The van der Waals surface area contributed by atoms with Crippen LogP contribution in [0.2, 0.25) is 0 Å². The molecule has 4 aliphatic carbocycles. The van der Waals surface area contributed by atoms with Crippen LogP contribution in [0.3, 0.4) is 0 Å². The highest BCUT2D eigenvalue weighted by Crippen LogP contribution is 2.60. The molecule has 0 aromatic heterocycles. The maximum Gasteiger partial charge on any atom is 0.150 e. The van der Waals surface area contributed by atoms with Crippen molar-refractivity contribution in [2.45, 2.75) is 45.4 Å². The average Bonchev–Trinajstić information content (AvgIpc) is 2.54. The lowest BCUT2D eigenvalue weighted by atomic mass is 9.48. The summed E-state index contributed by atoms with van der Waals surface area (Å²) >= 11 is 0. The predicted molar refractivity (Wildman–Crippen MR) is 89.8 cm³/mol. The molecule has 0 N–H and O–H groups in total. The standard InChI is InChI=1S/C19H28N2O2/c1-15(20-23-6-2-3-21-4-7-22-8-5-21)19-12-16-9-17(13-19)11-18(10-16)14-19/h16-18H,3-5,7-14H2,1H3/b20-15+. The molecule has 0 aromatic rings. The first-order valence-electron chi connectivity index (χ1n) is 9.22. The van der Waals surface area contributed by atoms with Crippen molar-refractivity contribution in [1.82, 2.24) is 4.90 Å². The molecule has 1 heterocycles. The van der Waals surface area contributed by atoms with Gasteiger partial charge in [-0.05, 0) is 69.1 Å². The zero-order valence-corrected chi connectivity index (χ0v) is 14.2. The van der Waals surface area contributed by atoms with Crippen molar-refractivity contribution in [3.8, 4) is 12.0 Å². The third kappa shape index (κ3) is 3.27. The maximum atomic E-state index is 5.34. The maximum absolute atomic E-state index is 5.34. The first-order valence-corrected chi connectivity index (χ1v) is 9.22. The minimum absolute atomic E-state index is 0.334. The molecule has 0 spiro atoms. The number of hydrogen-bond acceptors (Lipinski definition) is 4. The van der Waals surface area contributed by atoms with Crippen LogP contribution in [0.5, 0.6) is 0 Å². The molecule has 0 unspecified atom stereocenters. The van der Waals surface area contributed by atoms with Crippen molar-refractivity contribution < 1.29 is 9.57 Å². The van der Waals surface area contributed by atoms with Crippen LogP contribution in [0.4, 0.5) is 0 Å². The first-order chi connectivity index (χ1) is 11.2. The van der Waals surface area contributed by atoms with Crippen molar-refractivity contribution in [3.05, 3.63) is 0 Å². The quantitative estimate of drug-likeness (QED) is 0.456. The molecule has 4 bridgehead atoms. The largest absolute Gasteiger partial charge is 0.379 e. The van der Waals surface area contributed by atoms with Crippen molar-refractivity contribution in [3.63, 3.8) is 0 Å². The molecule has 1 aliphatic heterocycles. The van der Waals surface area contributed by atoms with E-state index in [0.29, 0.717) is 5.41 Å². The fourth-order valence-corrected chi connectivity index (χ4v) is 5.68. The Morgan fingerprint density at radius 2 is 1.74 bits per heavy atom. The summed E-state index contributed by atoms with van der Waals surface area (Å²) in [4.78, 5) is 7.63. The number of rotatable bonds is 3. The van der Waals surface area contributed by atoms with Gasteiger partial charge in [-0.3, -0.25) is 4.90 Å². The molecule has 126 valence electrons. The van der Waals surface area contributed by atoms with E-state index in [1.165, 1.54) is 44.2 Å². The summed E-state index contributed by atoms with van der Waals surface area (Å²) in [6.07, 6.45) is 11.2.